The van der Waals surface area contributed by atoms with Crippen LogP contribution < -0.4 is 0 Å². The highest BCUT2D eigenvalue weighted by Gasteiger charge is 2.19. The molecule has 1 fully saturated rings. The standard InChI is InChI=1S/C13H25NO4/c1-12-3-5-14(6-4-12)13(15)11-18-10-9-17-8-7-16-2/h12H,3-11H2,1-2H3. The Hall–Kier alpha value is -0.650. The SMILES string of the molecule is COCCOCCOCC(=O)N1CCC(C)CC1. The number of hydrogen-bond acceptors (Lipinski definition) is 4. The van der Waals surface area contributed by atoms with E-state index in [9.17, 15) is 4.79 Å². The van der Waals surface area contributed by atoms with Crippen LogP contribution in [0.25, 0.3) is 0 Å². The molecule has 5 heteroatoms. The van der Waals surface area contributed by atoms with Crippen LogP contribution in [0.5, 0.6) is 0 Å². The molecule has 0 saturated carbocycles. The van der Waals surface area contributed by atoms with Gasteiger partial charge in [0.2, 0.25) is 5.91 Å². The van der Waals surface area contributed by atoms with E-state index in [-0.39, 0.29) is 12.5 Å². The summed E-state index contributed by atoms with van der Waals surface area (Å²) in [6, 6.07) is 0. The lowest BCUT2D eigenvalue weighted by Crippen LogP contribution is -2.40. The average Bonchev–Trinajstić information content (AvgIpc) is 2.38. The summed E-state index contributed by atoms with van der Waals surface area (Å²) in [5.74, 6) is 0.836. The fourth-order valence-electron chi connectivity index (χ4n) is 1.87. The fourth-order valence-corrected chi connectivity index (χ4v) is 1.87. The first-order chi connectivity index (χ1) is 8.74. The van der Waals surface area contributed by atoms with Gasteiger partial charge in [-0.15, -0.1) is 0 Å². The van der Waals surface area contributed by atoms with Crippen molar-refractivity contribution in [2.24, 2.45) is 5.92 Å². The van der Waals surface area contributed by atoms with Crippen LogP contribution >= 0.6 is 0 Å². The smallest absolute Gasteiger partial charge is 0.248 e. The molecule has 0 aliphatic carbocycles. The minimum Gasteiger partial charge on any atom is -0.382 e. The lowest BCUT2D eigenvalue weighted by Gasteiger charge is -2.30. The zero-order chi connectivity index (χ0) is 13.2. The van der Waals surface area contributed by atoms with Crippen molar-refractivity contribution in [3.63, 3.8) is 0 Å². The second-order valence-electron chi connectivity index (χ2n) is 4.72. The second kappa shape index (κ2) is 9.30. The normalized spacial score (nSPS) is 17.1. The highest BCUT2D eigenvalue weighted by atomic mass is 16.5. The van der Waals surface area contributed by atoms with Gasteiger partial charge in [-0.05, 0) is 18.8 Å². The molecule has 0 unspecified atom stereocenters. The molecule has 1 rings (SSSR count). The molecule has 0 aromatic heterocycles. The van der Waals surface area contributed by atoms with Crippen LogP contribution in [-0.2, 0) is 19.0 Å². The molecule has 1 aliphatic heterocycles. The predicted molar refractivity (Wildman–Crippen MR) is 68.5 cm³/mol. The lowest BCUT2D eigenvalue weighted by atomic mass is 9.99. The van der Waals surface area contributed by atoms with E-state index in [2.05, 4.69) is 6.92 Å². The molecule has 1 amide bonds. The molecule has 106 valence electrons. The van der Waals surface area contributed by atoms with Crippen LogP contribution in [-0.4, -0.2) is 64.0 Å². The highest BCUT2D eigenvalue weighted by molar-refractivity contribution is 5.77. The summed E-state index contributed by atoms with van der Waals surface area (Å²) in [7, 11) is 1.64. The first-order valence-corrected chi connectivity index (χ1v) is 6.66. The van der Waals surface area contributed by atoms with Crippen molar-refractivity contribution in [3.05, 3.63) is 0 Å². The van der Waals surface area contributed by atoms with Crippen LogP contribution in [0.15, 0.2) is 0 Å². The largest absolute Gasteiger partial charge is 0.382 e. The van der Waals surface area contributed by atoms with E-state index in [0.29, 0.717) is 26.4 Å². The van der Waals surface area contributed by atoms with E-state index in [4.69, 9.17) is 14.2 Å². The maximum absolute atomic E-state index is 11.8. The molecular formula is C13H25NO4. The Morgan fingerprint density at radius 2 is 1.72 bits per heavy atom. The third-order valence-electron chi connectivity index (χ3n) is 3.17. The third kappa shape index (κ3) is 6.33. The van der Waals surface area contributed by atoms with Crippen molar-refractivity contribution in [1.82, 2.24) is 4.90 Å². The molecule has 1 aliphatic rings. The quantitative estimate of drug-likeness (QED) is 0.608. The number of ether oxygens (including phenoxy) is 3. The van der Waals surface area contributed by atoms with E-state index < -0.39 is 0 Å². The third-order valence-corrected chi connectivity index (χ3v) is 3.17. The number of methoxy groups -OCH3 is 1. The molecule has 0 atom stereocenters. The van der Waals surface area contributed by atoms with Gasteiger partial charge in [0.05, 0.1) is 26.4 Å². The molecule has 0 spiro atoms. The lowest BCUT2D eigenvalue weighted by molar-refractivity contribution is -0.138. The molecule has 1 heterocycles. The minimum atomic E-state index is 0.0961. The fraction of sp³-hybridized carbons (Fsp3) is 0.923. The summed E-state index contributed by atoms with van der Waals surface area (Å²) in [6.45, 7) is 6.26. The zero-order valence-corrected chi connectivity index (χ0v) is 11.5. The second-order valence-corrected chi connectivity index (χ2v) is 4.72. The van der Waals surface area contributed by atoms with Gasteiger partial charge in [0, 0.05) is 20.2 Å². The Kier molecular flexibility index (Phi) is 7.96. The molecule has 5 nitrogen and oxygen atoms in total. The zero-order valence-electron chi connectivity index (χ0n) is 11.5. The summed E-state index contributed by atoms with van der Waals surface area (Å²) in [5, 5.41) is 0. The Bertz CT molecular complexity index is 227. The summed E-state index contributed by atoms with van der Waals surface area (Å²) in [6.07, 6.45) is 2.21. The monoisotopic (exact) mass is 259 g/mol. The van der Waals surface area contributed by atoms with Crippen molar-refractivity contribution < 1.29 is 19.0 Å². The van der Waals surface area contributed by atoms with Crippen LogP contribution in [0.3, 0.4) is 0 Å². The van der Waals surface area contributed by atoms with Gasteiger partial charge in [0.25, 0.3) is 0 Å². The summed E-state index contributed by atoms with van der Waals surface area (Å²) in [5.41, 5.74) is 0. The van der Waals surface area contributed by atoms with E-state index in [1.807, 2.05) is 4.90 Å². The van der Waals surface area contributed by atoms with Crippen molar-refractivity contribution in [1.29, 1.82) is 0 Å². The Labute approximate surface area is 109 Å². The van der Waals surface area contributed by atoms with E-state index in [0.717, 1.165) is 31.8 Å². The Morgan fingerprint density at radius 3 is 2.39 bits per heavy atom. The Balaban J connectivity index is 1.96. The van der Waals surface area contributed by atoms with Crippen LogP contribution in [0.1, 0.15) is 19.8 Å². The predicted octanol–water partition coefficient (Wildman–Crippen LogP) is 0.925. The van der Waals surface area contributed by atoms with Gasteiger partial charge >= 0.3 is 0 Å². The van der Waals surface area contributed by atoms with E-state index >= 15 is 0 Å². The van der Waals surface area contributed by atoms with Crippen molar-refractivity contribution in [2.75, 3.05) is 53.2 Å². The molecule has 18 heavy (non-hydrogen) atoms. The number of likely N-dealkylation sites (tertiary alicyclic amines) is 1. The summed E-state index contributed by atoms with van der Waals surface area (Å²) < 4.78 is 15.4. The summed E-state index contributed by atoms with van der Waals surface area (Å²) in [4.78, 5) is 13.7. The molecule has 0 radical (unpaired) electrons. The molecule has 0 bridgehead atoms. The molecule has 0 aromatic rings. The highest BCUT2D eigenvalue weighted by Crippen LogP contribution is 2.15. The number of carbonyl (C=O) groups is 1. The number of amides is 1. The maximum Gasteiger partial charge on any atom is 0.248 e. The summed E-state index contributed by atoms with van der Waals surface area (Å²) >= 11 is 0. The molecular weight excluding hydrogens is 234 g/mol. The van der Waals surface area contributed by atoms with Gasteiger partial charge in [-0.1, -0.05) is 6.92 Å². The van der Waals surface area contributed by atoms with Gasteiger partial charge in [-0.25, -0.2) is 0 Å². The van der Waals surface area contributed by atoms with E-state index in [1.54, 1.807) is 7.11 Å². The molecule has 0 aromatic carbocycles. The first-order valence-electron chi connectivity index (χ1n) is 6.66. The number of hydrogen-bond donors (Lipinski definition) is 0. The van der Waals surface area contributed by atoms with Crippen molar-refractivity contribution >= 4 is 5.91 Å². The average molecular weight is 259 g/mol. The van der Waals surface area contributed by atoms with Crippen LogP contribution in [0.2, 0.25) is 0 Å². The van der Waals surface area contributed by atoms with Crippen molar-refractivity contribution in [2.45, 2.75) is 19.8 Å². The van der Waals surface area contributed by atoms with Gasteiger partial charge in [0.1, 0.15) is 6.61 Å². The van der Waals surface area contributed by atoms with Crippen LogP contribution in [0.4, 0.5) is 0 Å². The number of nitrogens with zero attached hydrogens (tertiary/aromatic N) is 1. The molecule has 0 N–H and O–H groups in total. The van der Waals surface area contributed by atoms with Gasteiger partial charge in [-0.2, -0.15) is 0 Å². The van der Waals surface area contributed by atoms with Gasteiger partial charge in [0.15, 0.2) is 0 Å². The van der Waals surface area contributed by atoms with E-state index in [1.165, 1.54) is 0 Å². The minimum absolute atomic E-state index is 0.0961. The van der Waals surface area contributed by atoms with Crippen LogP contribution in [0, 0.1) is 5.92 Å². The number of rotatable bonds is 8. The number of piperidine rings is 1. The Morgan fingerprint density at radius 1 is 1.11 bits per heavy atom. The van der Waals surface area contributed by atoms with Gasteiger partial charge < -0.3 is 19.1 Å². The maximum atomic E-state index is 11.8. The first kappa shape index (κ1) is 15.4. The topological polar surface area (TPSA) is 48.0 Å². The molecule has 1 saturated heterocycles. The number of carbonyl (C=O) groups excluding carboxylic acids is 1. The van der Waals surface area contributed by atoms with Crippen molar-refractivity contribution in [3.8, 4) is 0 Å². The van der Waals surface area contributed by atoms with Gasteiger partial charge in [-0.3, -0.25) is 4.79 Å².